The highest BCUT2D eigenvalue weighted by Gasteiger charge is 2.04. The second-order valence-corrected chi connectivity index (χ2v) is 6.64. The third kappa shape index (κ3) is 6.04. The first-order valence-corrected chi connectivity index (χ1v) is 9.04. The highest BCUT2D eigenvalue weighted by Crippen LogP contribution is 2.16. The van der Waals surface area contributed by atoms with Crippen molar-refractivity contribution in [1.29, 1.82) is 0 Å². The van der Waals surface area contributed by atoms with Crippen LogP contribution < -0.4 is 15.4 Å². The Morgan fingerprint density at radius 2 is 1.52 bits per heavy atom. The number of hydrogen-bond donors (Lipinski definition) is 2. The summed E-state index contributed by atoms with van der Waals surface area (Å²) >= 11 is 5.89. The van der Waals surface area contributed by atoms with Crippen LogP contribution in [0.4, 0.5) is 11.4 Å². The molecule has 0 radical (unpaired) electrons. The number of halogens is 1. The third-order valence-corrected chi connectivity index (χ3v) is 4.22. The Bertz CT molecular complexity index is 876. The number of aryl methyl sites for hydroxylation is 1. The van der Waals surface area contributed by atoms with Gasteiger partial charge in [0.15, 0.2) is 6.61 Å². The number of hydrogen-bond acceptors (Lipinski definition) is 3. The van der Waals surface area contributed by atoms with Crippen molar-refractivity contribution in [2.45, 2.75) is 13.5 Å². The zero-order valence-corrected chi connectivity index (χ0v) is 15.8. The largest absolute Gasteiger partial charge is 0.484 e. The topological polar surface area (TPSA) is 50.4 Å². The van der Waals surface area contributed by atoms with Crippen LogP contribution in [-0.2, 0) is 11.3 Å². The van der Waals surface area contributed by atoms with Crippen LogP contribution in [0.2, 0.25) is 5.02 Å². The number of ether oxygens (including phenoxy) is 1. The molecule has 0 atom stereocenters. The van der Waals surface area contributed by atoms with Crippen LogP contribution in [0, 0.1) is 6.92 Å². The minimum atomic E-state index is -0.197. The molecule has 0 saturated carbocycles. The summed E-state index contributed by atoms with van der Waals surface area (Å²) in [6.45, 7) is 2.68. The Kier molecular flexibility index (Phi) is 6.34. The maximum Gasteiger partial charge on any atom is 0.262 e. The predicted octanol–water partition coefficient (Wildman–Crippen LogP) is 5.28. The van der Waals surface area contributed by atoms with E-state index < -0.39 is 0 Å². The standard InChI is InChI=1S/C22H21ClN2O2/c1-16-2-12-21(13-3-16)27-15-22(26)25-20-10-8-19(9-11-20)24-14-17-4-6-18(23)7-5-17/h2-13,24H,14-15H2,1H3,(H,25,26). The first-order chi connectivity index (χ1) is 13.1. The van der Waals surface area contributed by atoms with Crippen LogP contribution in [0.25, 0.3) is 0 Å². The molecule has 4 nitrogen and oxygen atoms in total. The van der Waals surface area contributed by atoms with Crippen molar-refractivity contribution in [1.82, 2.24) is 0 Å². The second-order valence-electron chi connectivity index (χ2n) is 6.21. The second kappa shape index (κ2) is 9.10. The molecule has 3 aromatic rings. The van der Waals surface area contributed by atoms with E-state index in [9.17, 15) is 4.79 Å². The van der Waals surface area contributed by atoms with Crippen LogP contribution in [0.1, 0.15) is 11.1 Å². The lowest BCUT2D eigenvalue weighted by atomic mass is 10.2. The van der Waals surface area contributed by atoms with Crippen LogP contribution >= 0.6 is 11.6 Å². The fourth-order valence-electron chi connectivity index (χ4n) is 2.46. The Labute approximate surface area is 164 Å². The molecule has 0 aromatic heterocycles. The lowest BCUT2D eigenvalue weighted by Crippen LogP contribution is -2.20. The van der Waals surface area contributed by atoms with Gasteiger partial charge in [0, 0.05) is 22.9 Å². The number of rotatable bonds is 7. The van der Waals surface area contributed by atoms with Crippen molar-refractivity contribution in [3.05, 3.63) is 88.9 Å². The van der Waals surface area contributed by atoms with E-state index in [2.05, 4.69) is 10.6 Å². The Morgan fingerprint density at radius 3 is 2.19 bits per heavy atom. The van der Waals surface area contributed by atoms with Crippen molar-refractivity contribution in [2.24, 2.45) is 0 Å². The van der Waals surface area contributed by atoms with E-state index in [0.717, 1.165) is 27.5 Å². The number of carbonyl (C=O) groups is 1. The van der Waals surface area contributed by atoms with E-state index >= 15 is 0 Å². The molecule has 0 aliphatic carbocycles. The van der Waals surface area contributed by atoms with Gasteiger partial charge in [0.2, 0.25) is 0 Å². The fourth-order valence-corrected chi connectivity index (χ4v) is 2.58. The van der Waals surface area contributed by atoms with Gasteiger partial charge in [0.25, 0.3) is 5.91 Å². The Balaban J connectivity index is 1.45. The van der Waals surface area contributed by atoms with Gasteiger partial charge >= 0.3 is 0 Å². The summed E-state index contributed by atoms with van der Waals surface area (Å²) < 4.78 is 5.48. The number of benzene rings is 3. The average Bonchev–Trinajstić information content (AvgIpc) is 2.68. The van der Waals surface area contributed by atoms with Crippen molar-refractivity contribution >= 4 is 28.9 Å². The smallest absolute Gasteiger partial charge is 0.262 e. The van der Waals surface area contributed by atoms with Crippen molar-refractivity contribution in [3.8, 4) is 5.75 Å². The monoisotopic (exact) mass is 380 g/mol. The minimum absolute atomic E-state index is 0.0281. The van der Waals surface area contributed by atoms with Gasteiger partial charge in [-0.1, -0.05) is 41.4 Å². The Hall–Kier alpha value is -2.98. The number of nitrogens with one attached hydrogen (secondary N) is 2. The molecule has 2 N–H and O–H groups in total. The molecule has 0 aliphatic rings. The molecule has 0 spiro atoms. The lowest BCUT2D eigenvalue weighted by molar-refractivity contribution is -0.118. The number of amides is 1. The maximum absolute atomic E-state index is 12.0. The summed E-state index contributed by atoms with van der Waals surface area (Å²) in [5.74, 6) is 0.481. The van der Waals surface area contributed by atoms with E-state index in [1.807, 2.05) is 79.7 Å². The molecule has 0 saturated heterocycles. The molecule has 5 heteroatoms. The van der Waals surface area contributed by atoms with Gasteiger partial charge in [-0.15, -0.1) is 0 Å². The van der Waals surface area contributed by atoms with Crippen molar-refractivity contribution in [3.63, 3.8) is 0 Å². The summed E-state index contributed by atoms with van der Waals surface area (Å²) in [6, 6.07) is 22.9. The van der Waals surface area contributed by atoms with Crippen LogP contribution in [0.3, 0.4) is 0 Å². The van der Waals surface area contributed by atoms with E-state index in [-0.39, 0.29) is 12.5 Å². The summed E-state index contributed by atoms with van der Waals surface area (Å²) in [4.78, 5) is 12.0. The molecule has 27 heavy (non-hydrogen) atoms. The number of carbonyl (C=O) groups excluding carboxylic acids is 1. The molecular weight excluding hydrogens is 360 g/mol. The Morgan fingerprint density at radius 1 is 0.889 bits per heavy atom. The quantitative estimate of drug-likeness (QED) is 0.586. The molecule has 0 aliphatic heterocycles. The molecule has 0 bridgehead atoms. The molecule has 138 valence electrons. The van der Waals surface area contributed by atoms with E-state index in [0.29, 0.717) is 12.3 Å². The zero-order valence-electron chi connectivity index (χ0n) is 15.0. The highest BCUT2D eigenvalue weighted by molar-refractivity contribution is 6.30. The summed E-state index contributed by atoms with van der Waals surface area (Å²) in [5.41, 5.74) is 3.99. The van der Waals surface area contributed by atoms with Gasteiger partial charge in [0.05, 0.1) is 0 Å². The molecule has 0 fully saturated rings. The van der Waals surface area contributed by atoms with Gasteiger partial charge in [-0.25, -0.2) is 0 Å². The first kappa shape index (κ1) is 18.8. The molecule has 0 heterocycles. The third-order valence-electron chi connectivity index (χ3n) is 3.97. The molecule has 1 amide bonds. The molecule has 3 aromatic carbocycles. The van der Waals surface area contributed by atoms with Crippen LogP contribution in [-0.4, -0.2) is 12.5 Å². The van der Waals surface area contributed by atoms with Gasteiger partial charge in [-0.2, -0.15) is 0 Å². The average molecular weight is 381 g/mol. The van der Waals surface area contributed by atoms with E-state index in [1.165, 1.54) is 0 Å². The van der Waals surface area contributed by atoms with Gasteiger partial charge < -0.3 is 15.4 Å². The summed E-state index contributed by atoms with van der Waals surface area (Å²) in [7, 11) is 0. The minimum Gasteiger partial charge on any atom is -0.484 e. The summed E-state index contributed by atoms with van der Waals surface area (Å²) in [5, 5.41) is 6.88. The van der Waals surface area contributed by atoms with E-state index in [1.54, 1.807) is 0 Å². The van der Waals surface area contributed by atoms with Gasteiger partial charge in [0.1, 0.15) is 5.75 Å². The molecule has 3 rings (SSSR count). The zero-order chi connectivity index (χ0) is 19.1. The van der Waals surface area contributed by atoms with Crippen LogP contribution in [0.5, 0.6) is 5.75 Å². The SMILES string of the molecule is Cc1ccc(OCC(=O)Nc2ccc(NCc3ccc(Cl)cc3)cc2)cc1. The van der Waals surface area contributed by atoms with Gasteiger partial charge in [-0.3, -0.25) is 4.79 Å². The van der Waals surface area contributed by atoms with Gasteiger partial charge in [-0.05, 0) is 61.0 Å². The lowest BCUT2D eigenvalue weighted by Gasteiger charge is -2.10. The van der Waals surface area contributed by atoms with Crippen molar-refractivity contribution in [2.75, 3.05) is 17.2 Å². The van der Waals surface area contributed by atoms with E-state index in [4.69, 9.17) is 16.3 Å². The molecular formula is C22H21ClN2O2. The van der Waals surface area contributed by atoms with Crippen LogP contribution in [0.15, 0.2) is 72.8 Å². The molecule has 0 unspecified atom stereocenters. The highest BCUT2D eigenvalue weighted by atomic mass is 35.5. The summed E-state index contributed by atoms with van der Waals surface area (Å²) in [6.07, 6.45) is 0. The first-order valence-electron chi connectivity index (χ1n) is 8.66. The predicted molar refractivity (Wildman–Crippen MR) is 111 cm³/mol. The van der Waals surface area contributed by atoms with Crippen molar-refractivity contribution < 1.29 is 9.53 Å². The number of anilines is 2. The maximum atomic E-state index is 12.0. The normalized spacial score (nSPS) is 10.3. The fraction of sp³-hybridized carbons (Fsp3) is 0.136.